The predicted molar refractivity (Wildman–Crippen MR) is 78.1 cm³/mol. The van der Waals surface area contributed by atoms with E-state index in [2.05, 4.69) is 5.32 Å². The first-order valence-electron chi connectivity index (χ1n) is 6.17. The molecule has 0 saturated carbocycles. The van der Waals surface area contributed by atoms with Crippen LogP contribution in [0.15, 0.2) is 46.2 Å². The zero-order valence-electron chi connectivity index (χ0n) is 10.8. The summed E-state index contributed by atoms with van der Waals surface area (Å²) in [5.74, 6) is 0.800. The maximum atomic E-state index is 10.8. The first-order chi connectivity index (χ1) is 9.67. The first kappa shape index (κ1) is 12.8. The summed E-state index contributed by atoms with van der Waals surface area (Å²) in [5.41, 5.74) is 1.97. The van der Waals surface area contributed by atoms with Crippen molar-refractivity contribution >= 4 is 28.8 Å². The Balaban J connectivity index is 1.96. The number of nitro groups is 1. The fraction of sp³-hybridized carbons (Fsp3) is 0.143. The van der Waals surface area contributed by atoms with Gasteiger partial charge < -0.3 is 10.1 Å². The molecule has 0 bridgehead atoms. The number of ether oxygens (including phenoxy) is 1. The lowest BCUT2D eigenvalue weighted by Gasteiger charge is -2.21. The normalized spacial score (nSPS) is 12.1. The van der Waals surface area contributed by atoms with Gasteiger partial charge in [-0.1, -0.05) is 11.8 Å². The van der Waals surface area contributed by atoms with E-state index in [1.54, 1.807) is 12.1 Å². The van der Waals surface area contributed by atoms with Crippen LogP contribution in [0.5, 0.6) is 5.75 Å². The highest BCUT2D eigenvalue weighted by Crippen LogP contribution is 2.46. The van der Waals surface area contributed by atoms with Gasteiger partial charge in [-0.2, -0.15) is 0 Å². The molecule has 6 heteroatoms. The molecule has 0 aliphatic carbocycles. The van der Waals surface area contributed by atoms with Gasteiger partial charge in [0.25, 0.3) is 5.69 Å². The molecule has 1 N–H and O–H groups in total. The number of hydrogen-bond acceptors (Lipinski definition) is 5. The fourth-order valence-electron chi connectivity index (χ4n) is 2.02. The molecule has 102 valence electrons. The summed E-state index contributed by atoms with van der Waals surface area (Å²) < 4.78 is 5.47. The number of rotatable bonds is 3. The highest BCUT2D eigenvalue weighted by atomic mass is 32.2. The van der Waals surface area contributed by atoms with Gasteiger partial charge in [-0.25, -0.2) is 0 Å². The molecule has 0 saturated heterocycles. The van der Waals surface area contributed by atoms with Gasteiger partial charge in [0.15, 0.2) is 0 Å². The van der Waals surface area contributed by atoms with Gasteiger partial charge >= 0.3 is 0 Å². The second-order valence-corrected chi connectivity index (χ2v) is 5.34. The van der Waals surface area contributed by atoms with Gasteiger partial charge in [0.05, 0.1) is 22.9 Å². The van der Waals surface area contributed by atoms with Crippen LogP contribution in [0.1, 0.15) is 6.92 Å². The lowest BCUT2D eigenvalue weighted by Crippen LogP contribution is -2.01. The molecular formula is C14H12N2O3S. The summed E-state index contributed by atoms with van der Waals surface area (Å²) >= 11 is 1.51. The van der Waals surface area contributed by atoms with Crippen LogP contribution in [-0.4, -0.2) is 11.5 Å². The molecule has 1 aliphatic rings. The Morgan fingerprint density at radius 3 is 2.60 bits per heavy atom. The van der Waals surface area contributed by atoms with Gasteiger partial charge in [0.2, 0.25) is 0 Å². The van der Waals surface area contributed by atoms with Gasteiger partial charge in [0, 0.05) is 21.9 Å². The van der Waals surface area contributed by atoms with Crippen LogP contribution in [0.25, 0.3) is 0 Å². The van der Waals surface area contributed by atoms with E-state index in [0.29, 0.717) is 6.61 Å². The Morgan fingerprint density at radius 2 is 1.90 bits per heavy atom. The predicted octanol–water partition coefficient (Wildman–Crippen LogP) is 4.20. The van der Waals surface area contributed by atoms with Crippen molar-refractivity contribution in [3.05, 3.63) is 46.5 Å². The third-order valence-electron chi connectivity index (χ3n) is 2.93. The standard InChI is InChI=1S/C14H12N2O3S/c1-2-19-10-4-6-12-14(8-10)20-13-7-9(16(17)18)3-5-11(13)15-12/h3-8,15H,2H2,1H3. The van der Waals surface area contributed by atoms with Crippen molar-refractivity contribution in [3.8, 4) is 5.75 Å². The van der Waals surface area contributed by atoms with Crippen LogP contribution in [0.4, 0.5) is 17.1 Å². The van der Waals surface area contributed by atoms with Crippen LogP contribution in [-0.2, 0) is 0 Å². The van der Waals surface area contributed by atoms with Crippen molar-refractivity contribution < 1.29 is 9.66 Å². The average Bonchev–Trinajstić information content (AvgIpc) is 2.44. The van der Waals surface area contributed by atoms with Gasteiger partial charge in [0.1, 0.15) is 5.75 Å². The van der Waals surface area contributed by atoms with E-state index >= 15 is 0 Å². The molecule has 0 spiro atoms. The molecule has 0 amide bonds. The fourth-order valence-corrected chi connectivity index (χ4v) is 3.07. The minimum Gasteiger partial charge on any atom is -0.494 e. The second-order valence-electron chi connectivity index (χ2n) is 4.26. The van der Waals surface area contributed by atoms with Crippen molar-refractivity contribution in [1.29, 1.82) is 0 Å². The molecule has 0 atom stereocenters. The van der Waals surface area contributed by atoms with E-state index in [4.69, 9.17) is 4.74 Å². The molecule has 20 heavy (non-hydrogen) atoms. The highest BCUT2D eigenvalue weighted by Gasteiger charge is 2.19. The topological polar surface area (TPSA) is 64.4 Å². The van der Waals surface area contributed by atoms with Gasteiger partial charge in [-0.05, 0) is 31.2 Å². The molecule has 2 aromatic carbocycles. The summed E-state index contributed by atoms with van der Waals surface area (Å²) in [6, 6.07) is 10.6. The maximum absolute atomic E-state index is 10.8. The van der Waals surface area contributed by atoms with Crippen molar-refractivity contribution in [2.24, 2.45) is 0 Å². The molecule has 0 aromatic heterocycles. The lowest BCUT2D eigenvalue weighted by atomic mass is 10.2. The third-order valence-corrected chi connectivity index (χ3v) is 4.04. The summed E-state index contributed by atoms with van der Waals surface area (Å²) in [6.45, 7) is 2.54. The summed E-state index contributed by atoms with van der Waals surface area (Å²) in [5, 5.41) is 14.1. The molecule has 1 heterocycles. The van der Waals surface area contributed by atoms with Crippen molar-refractivity contribution in [1.82, 2.24) is 0 Å². The number of nitro benzene ring substituents is 1. The molecule has 0 fully saturated rings. The van der Waals surface area contributed by atoms with Crippen molar-refractivity contribution in [3.63, 3.8) is 0 Å². The molecule has 2 aromatic rings. The Labute approximate surface area is 120 Å². The Morgan fingerprint density at radius 1 is 1.20 bits per heavy atom. The van der Waals surface area contributed by atoms with Crippen LogP contribution >= 0.6 is 11.8 Å². The number of anilines is 2. The van der Waals surface area contributed by atoms with Crippen LogP contribution in [0, 0.1) is 10.1 Å². The van der Waals surface area contributed by atoms with E-state index in [-0.39, 0.29) is 10.6 Å². The van der Waals surface area contributed by atoms with Crippen molar-refractivity contribution in [2.45, 2.75) is 16.7 Å². The molecule has 5 nitrogen and oxygen atoms in total. The first-order valence-corrected chi connectivity index (χ1v) is 6.99. The smallest absolute Gasteiger partial charge is 0.270 e. The summed E-state index contributed by atoms with van der Waals surface area (Å²) in [6.07, 6.45) is 0. The number of nitrogens with one attached hydrogen (secondary N) is 1. The van der Waals surface area contributed by atoms with E-state index in [0.717, 1.165) is 26.9 Å². The van der Waals surface area contributed by atoms with Crippen LogP contribution in [0.3, 0.4) is 0 Å². The minimum atomic E-state index is -0.382. The number of nitrogens with zero attached hydrogens (tertiary/aromatic N) is 1. The number of non-ortho nitro benzene ring substituents is 1. The Hall–Kier alpha value is -2.21. The molecule has 0 unspecified atom stereocenters. The number of fused-ring (bicyclic) bond motifs is 2. The average molecular weight is 288 g/mol. The summed E-state index contributed by atoms with van der Waals surface area (Å²) in [4.78, 5) is 12.3. The summed E-state index contributed by atoms with van der Waals surface area (Å²) in [7, 11) is 0. The molecule has 0 radical (unpaired) electrons. The van der Waals surface area contributed by atoms with Crippen LogP contribution < -0.4 is 10.1 Å². The van der Waals surface area contributed by atoms with Gasteiger partial charge in [-0.15, -0.1) is 0 Å². The number of hydrogen-bond donors (Lipinski definition) is 1. The molecular weight excluding hydrogens is 276 g/mol. The van der Waals surface area contributed by atoms with Gasteiger partial charge in [-0.3, -0.25) is 10.1 Å². The van der Waals surface area contributed by atoms with Crippen molar-refractivity contribution in [2.75, 3.05) is 11.9 Å². The Kier molecular flexibility index (Phi) is 3.23. The SMILES string of the molecule is CCOc1ccc2c(c1)Sc1cc([N+](=O)[O-])ccc1N2. The van der Waals surface area contributed by atoms with E-state index in [1.165, 1.54) is 17.8 Å². The minimum absolute atomic E-state index is 0.0995. The largest absolute Gasteiger partial charge is 0.494 e. The third kappa shape index (κ3) is 2.30. The van der Waals surface area contributed by atoms with E-state index in [9.17, 15) is 10.1 Å². The van der Waals surface area contributed by atoms with E-state index in [1.807, 2.05) is 25.1 Å². The Bertz CT molecular complexity index is 688. The maximum Gasteiger partial charge on any atom is 0.270 e. The second kappa shape index (κ2) is 5.05. The zero-order valence-corrected chi connectivity index (χ0v) is 11.6. The molecule has 1 aliphatic heterocycles. The lowest BCUT2D eigenvalue weighted by molar-refractivity contribution is -0.385. The highest BCUT2D eigenvalue weighted by molar-refractivity contribution is 7.99. The molecule has 3 rings (SSSR count). The van der Waals surface area contributed by atoms with E-state index < -0.39 is 0 Å². The van der Waals surface area contributed by atoms with Crippen LogP contribution in [0.2, 0.25) is 0 Å². The zero-order chi connectivity index (χ0) is 14.1. The monoisotopic (exact) mass is 288 g/mol. The quantitative estimate of drug-likeness (QED) is 0.578. The number of benzene rings is 2.